The van der Waals surface area contributed by atoms with Gasteiger partial charge in [0.1, 0.15) is 5.82 Å². The van der Waals surface area contributed by atoms with Crippen molar-refractivity contribution in [3.8, 4) is 0 Å². The first-order chi connectivity index (χ1) is 12.5. The number of rotatable bonds is 5. The molecule has 0 aromatic heterocycles. The zero-order chi connectivity index (χ0) is 20.4. The van der Waals surface area contributed by atoms with Crippen LogP contribution in [0.5, 0.6) is 0 Å². The Morgan fingerprint density at radius 1 is 1.22 bits per heavy atom. The molecular formula is C18H19ClF4N2O2. The van der Waals surface area contributed by atoms with Crippen LogP contribution in [0.2, 0.25) is 5.02 Å². The van der Waals surface area contributed by atoms with Crippen LogP contribution in [-0.2, 0) is 15.8 Å². The summed E-state index contributed by atoms with van der Waals surface area (Å²) in [6.45, 7) is 1.15. The number of Topliss-reactive ketones (excluding diaryl/α,β-unsaturated/α-hetero) is 2. The van der Waals surface area contributed by atoms with Gasteiger partial charge in [0.15, 0.2) is 11.6 Å². The molecule has 148 valence electrons. The quantitative estimate of drug-likeness (QED) is 0.351. The third kappa shape index (κ3) is 5.07. The van der Waals surface area contributed by atoms with E-state index in [1.165, 1.54) is 6.20 Å². The second-order valence-corrected chi connectivity index (χ2v) is 6.99. The summed E-state index contributed by atoms with van der Waals surface area (Å²) in [5.41, 5.74) is -2.05. The van der Waals surface area contributed by atoms with E-state index < -0.39 is 58.5 Å². The van der Waals surface area contributed by atoms with Gasteiger partial charge in [0, 0.05) is 43.6 Å². The van der Waals surface area contributed by atoms with Crippen LogP contribution in [0.15, 0.2) is 23.9 Å². The summed E-state index contributed by atoms with van der Waals surface area (Å²) in [6.07, 6.45) is -4.33. The maximum Gasteiger partial charge on any atom is 0.416 e. The van der Waals surface area contributed by atoms with E-state index in [0.717, 1.165) is 6.07 Å². The molecule has 1 aromatic rings. The number of likely N-dealkylation sites (N-methyl/N-ethyl adjacent to an activating group) is 1. The van der Waals surface area contributed by atoms with Crippen LogP contribution in [0.4, 0.5) is 17.6 Å². The van der Waals surface area contributed by atoms with E-state index in [2.05, 4.69) is 5.32 Å². The number of nitrogens with zero attached hydrogens (tertiary/aromatic N) is 1. The molecule has 4 nitrogen and oxygen atoms in total. The van der Waals surface area contributed by atoms with Gasteiger partial charge in [-0.2, -0.15) is 13.2 Å². The fourth-order valence-corrected chi connectivity index (χ4v) is 3.10. The van der Waals surface area contributed by atoms with Crippen molar-refractivity contribution >= 4 is 23.2 Å². The molecule has 0 spiro atoms. The number of carbonyl (C=O) groups is 2. The largest absolute Gasteiger partial charge is 0.416 e. The first kappa shape index (κ1) is 21.4. The number of ketones is 2. The Hall–Kier alpha value is -1.93. The molecule has 0 amide bonds. The van der Waals surface area contributed by atoms with E-state index in [-0.39, 0.29) is 5.57 Å². The summed E-state index contributed by atoms with van der Waals surface area (Å²) in [5, 5.41) is 2.36. The molecule has 0 unspecified atom stereocenters. The van der Waals surface area contributed by atoms with Crippen LogP contribution in [0, 0.1) is 5.82 Å². The number of hydrogen-bond donors (Lipinski definition) is 1. The first-order valence-corrected chi connectivity index (χ1v) is 8.60. The van der Waals surface area contributed by atoms with E-state index in [0.29, 0.717) is 19.2 Å². The molecule has 9 heteroatoms. The maximum atomic E-state index is 14.4. The highest BCUT2D eigenvalue weighted by Crippen LogP contribution is 2.42. The van der Waals surface area contributed by atoms with Gasteiger partial charge in [-0.15, -0.1) is 0 Å². The Bertz CT molecular complexity index is 755. The molecule has 0 saturated heterocycles. The minimum Gasteiger partial charge on any atom is -0.389 e. The van der Waals surface area contributed by atoms with Crippen LogP contribution < -0.4 is 5.32 Å². The van der Waals surface area contributed by atoms with Crippen molar-refractivity contribution in [3.63, 3.8) is 0 Å². The van der Waals surface area contributed by atoms with Crippen molar-refractivity contribution in [2.24, 2.45) is 0 Å². The van der Waals surface area contributed by atoms with Crippen molar-refractivity contribution in [1.82, 2.24) is 10.2 Å². The molecule has 2 rings (SSSR count). The normalized spacial score (nSPS) is 18.2. The molecule has 1 saturated carbocycles. The van der Waals surface area contributed by atoms with Crippen LogP contribution in [0.1, 0.15) is 29.9 Å². The average molecular weight is 407 g/mol. The lowest BCUT2D eigenvalue weighted by Crippen LogP contribution is -2.29. The topological polar surface area (TPSA) is 49.4 Å². The molecule has 0 atom stereocenters. The Morgan fingerprint density at radius 3 is 2.33 bits per heavy atom. The predicted octanol–water partition coefficient (Wildman–Crippen LogP) is 3.55. The molecule has 27 heavy (non-hydrogen) atoms. The van der Waals surface area contributed by atoms with Gasteiger partial charge in [-0.1, -0.05) is 11.6 Å². The molecule has 0 bridgehead atoms. The Balaban J connectivity index is 2.28. The molecule has 1 aliphatic rings. The monoisotopic (exact) mass is 406 g/mol. The zero-order valence-electron chi connectivity index (χ0n) is 14.8. The van der Waals surface area contributed by atoms with E-state index in [1.807, 2.05) is 19.0 Å². The van der Waals surface area contributed by atoms with Gasteiger partial charge in [-0.25, -0.2) is 4.39 Å². The second-order valence-electron chi connectivity index (χ2n) is 6.59. The average Bonchev–Trinajstić information content (AvgIpc) is 2.54. The Morgan fingerprint density at radius 2 is 1.81 bits per heavy atom. The van der Waals surface area contributed by atoms with Crippen LogP contribution in [0.3, 0.4) is 0 Å². The minimum atomic E-state index is -4.82. The highest BCUT2D eigenvalue weighted by molar-refractivity contribution is 6.30. The molecular weight excluding hydrogens is 388 g/mol. The van der Waals surface area contributed by atoms with Gasteiger partial charge >= 0.3 is 6.18 Å². The number of allylic oxidation sites excluding steroid dienone is 1. The van der Waals surface area contributed by atoms with Crippen molar-refractivity contribution in [1.29, 1.82) is 0 Å². The highest BCUT2D eigenvalue weighted by atomic mass is 35.5. The standard InChI is InChI=1S/C18H19ClF4N2O2/c1-25(2)6-5-24-9-11-14(26)7-10(8-15(11)27)16-12(18(21,22)23)3-4-13(19)17(16)20/h3-4,9-10,24H,5-8H2,1-2H3. The summed E-state index contributed by atoms with van der Waals surface area (Å²) in [7, 11) is 3.71. The Kier molecular flexibility index (Phi) is 6.64. The van der Waals surface area contributed by atoms with Gasteiger partial charge < -0.3 is 10.2 Å². The number of nitrogens with one attached hydrogen (secondary N) is 1. The predicted molar refractivity (Wildman–Crippen MR) is 93.0 cm³/mol. The third-order valence-corrected chi connectivity index (χ3v) is 4.55. The molecule has 0 aliphatic heterocycles. The fraction of sp³-hybridized carbons (Fsp3) is 0.444. The summed E-state index contributed by atoms with van der Waals surface area (Å²) in [5.74, 6) is -3.70. The van der Waals surface area contributed by atoms with Gasteiger partial charge in [0.25, 0.3) is 0 Å². The number of hydrogen-bond acceptors (Lipinski definition) is 4. The Labute approximate surface area is 159 Å². The second kappa shape index (κ2) is 8.39. The van der Waals surface area contributed by atoms with E-state index >= 15 is 0 Å². The highest BCUT2D eigenvalue weighted by Gasteiger charge is 2.41. The van der Waals surface area contributed by atoms with E-state index in [4.69, 9.17) is 11.6 Å². The minimum absolute atomic E-state index is 0.110. The lowest BCUT2D eigenvalue weighted by molar-refractivity contribution is -0.139. The number of halogens is 5. The summed E-state index contributed by atoms with van der Waals surface area (Å²) >= 11 is 5.63. The van der Waals surface area contributed by atoms with Crippen molar-refractivity contribution in [2.45, 2.75) is 24.9 Å². The molecule has 1 fully saturated rings. The van der Waals surface area contributed by atoms with Gasteiger partial charge in [-0.3, -0.25) is 9.59 Å². The molecule has 0 radical (unpaired) electrons. The fourth-order valence-electron chi connectivity index (χ4n) is 2.94. The lowest BCUT2D eigenvalue weighted by Gasteiger charge is -2.26. The number of carbonyl (C=O) groups excluding carboxylic acids is 2. The van der Waals surface area contributed by atoms with Gasteiger partial charge in [0.2, 0.25) is 0 Å². The van der Waals surface area contributed by atoms with Crippen LogP contribution in [0.25, 0.3) is 0 Å². The molecule has 0 heterocycles. The lowest BCUT2D eigenvalue weighted by atomic mass is 9.78. The summed E-state index contributed by atoms with van der Waals surface area (Å²) < 4.78 is 54.1. The van der Waals surface area contributed by atoms with E-state index in [9.17, 15) is 27.2 Å². The zero-order valence-corrected chi connectivity index (χ0v) is 15.5. The van der Waals surface area contributed by atoms with Crippen LogP contribution in [-0.4, -0.2) is 43.7 Å². The van der Waals surface area contributed by atoms with Crippen molar-refractivity contribution < 1.29 is 27.2 Å². The smallest absolute Gasteiger partial charge is 0.389 e. The first-order valence-electron chi connectivity index (χ1n) is 8.22. The van der Waals surface area contributed by atoms with Crippen molar-refractivity contribution in [2.75, 3.05) is 27.2 Å². The molecule has 1 N–H and O–H groups in total. The third-order valence-electron chi connectivity index (χ3n) is 4.26. The maximum absolute atomic E-state index is 14.4. The van der Waals surface area contributed by atoms with Gasteiger partial charge in [-0.05, 0) is 26.2 Å². The molecule has 1 aliphatic carbocycles. The summed E-state index contributed by atoms with van der Waals surface area (Å²) in [6, 6.07) is 1.49. The van der Waals surface area contributed by atoms with Crippen LogP contribution >= 0.6 is 11.6 Å². The van der Waals surface area contributed by atoms with Crippen molar-refractivity contribution in [3.05, 3.63) is 45.9 Å². The van der Waals surface area contributed by atoms with Gasteiger partial charge in [0.05, 0.1) is 16.2 Å². The summed E-state index contributed by atoms with van der Waals surface area (Å²) in [4.78, 5) is 26.5. The number of alkyl halides is 3. The van der Waals surface area contributed by atoms with E-state index in [1.54, 1.807) is 0 Å². The SMILES string of the molecule is CN(C)CCNC=C1C(=O)CC(c2c(C(F)(F)F)ccc(Cl)c2F)CC1=O. The number of benzene rings is 1. The molecule has 1 aromatic carbocycles.